The van der Waals surface area contributed by atoms with Gasteiger partial charge in [0.1, 0.15) is 17.3 Å². The van der Waals surface area contributed by atoms with Gasteiger partial charge in [0, 0.05) is 10.0 Å². The largest absolute Gasteiger partial charge is 0.507 e. The molecule has 0 aliphatic carbocycles. The van der Waals surface area contributed by atoms with E-state index in [1.807, 2.05) is 13.0 Å². The molecule has 1 atom stereocenters. The van der Waals surface area contributed by atoms with Crippen molar-refractivity contribution in [2.75, 3.05) is 11.5 Å². The topological polar surface area (TPSA) is 79.7 Å². The molecule has 1 fully saturated rings. The van der Waals surface area contributed by atoms with Crippen LogP contribution in [-0.2, 0) is 9.59 Å². The molecule has 3 aromatic carbocycles. The highest BCUT2D eigenvalue weighted by atomic mass is 79.9. The van der Waals surface area contributed by atoms with Crippen molar-refractivity contribution < 1.29 is 23.8 Å². The highest BCUT2D eigenvalue weighted by Crippen LogP contribution is 2.44. The Morgan fingerprint density at radius 2 is 1.91 bits per heavy atom. The molecule has 9 heteroatoms. The molecule has 176 valence electrons. The van der Waals surface area contributed by atoms with E-state index in [2.05, 4.69) is 20.9 Å². The first-order chi connectivity index (χ1) is 16.9. The van der Waals surface area contributed by atoms with Gasteiger partial charge in [0.2, 0.25) is 0 Å². The van der Waals surface area contributed by atoms with Crippen LogP contribution in [0.1, 0.15) is 24.1 Å². The summed E-state index contributed by atoms with van der Waals surface area (Å²) in [7, 11) is 0. The molecule has 5 rings (SSSR count). The molecule has 1 amide bonds. The number of hydrogen-bond donors (Lipinski definition) is 1. The van der Waals surface area contributed by atoms with Gasteiger partial charge in [-0.2, -0.15) is 0 Å². The van der Waals surface area contributed by atoms with Gasteiger partial charge in [-0.3, -0.25) is 14.5 Å². The maximum Gasteiger partial charge on any atom is 0.301 e. The molecule has 0 bridgehead atoms. The van der Waals surface area contributed by atoms with E-state index in [9.17, 15) is 19.1 Å². The quantitative estimate of drug-likeness (QED) is 0.180. The fourth-order valence-corrected chi connectivity index (χ4v) is 5.48. The lowest BCUT2D eigenvalue weighted by Crippen LogP contribution is -2.29. The van der Waals surface area contributed by atoms with Gasteiger partial charge in [-0.1, -0.05) is 39.4 Å². The van der Waals surface area contributed by atoms with Crippen molar-refractivity contribution in [1.82, 2.24) is 4.98 Å². The van der Waals surface area contributed by atoms with E-state index in [1.165, 1.54) is 23.1 Å². The summed E-state index contributed by atoms with van der Waals surface area (Å²) >= 11 is 4.54. The van der Waals surface area contributed by atoms with Gasteiger partial charge in [0.25, 0.3) is 5.78 Å². The number of carbonyl (C=O) groups excluding carboxylic acids is 2. The molecule has 4 aromatic rings. The number of anilines is 1. The minimum atomic E-state index is -0.926. The average molecular weight is 553 g/mol. The number of aliphatic hydroxyl groups excluding tert-OH is 1. The van der Waals surface area contributed by atoms with Crippen LogP contribution in [-0.4, -0.2) is 28.4 Å². The second-order valence-corrected chi connectivity index (χ2v) is 9.71. The zero-order chi connectivity index (χ0) is 24.7. The molecule has 0 saturated carbocycles. The Morgan fingerprint density at radius 3 is 2.63 bits per heavy atom. The van der Waals surface area contributed by atoms with Crippen molar-refractivity contribution >= 4 is 60.1 Å². The van der Waals surface area contributed by atoms with E-state index in [-0.39, 0.29) is 16.5 Å². The Labute approximate surface area is 212 Å². The predicted molar refractivity (Wildman–Crippen MR) is 136 cm³/mol. The maximum atomic E-state index is 13.8. The van der Waals surface area contributed by atoms with E-state index in [1.54, 1.807) is 42.5 Å². The summed E-state index contributed by atoms with van der Waals surface area (Å²) in [4.78, 5) is 32.3. The summed E-state index contributed by atoms with van der Waals surface area (Å²) in [5.74, 6) is -1.75. The van der Waals surface area contributed by atoms with Crippen LogP contribution >= 0.6 is 27.3 Å². The lowest BCUT2D eigenvalue weighted by Gasteiger charge is -2.23. The average Bonchev–Trinajstić information content (AvgIpc) is 3.37. The standard InChI is InChI=1S/C26H18BrFN2O4S/c1-2-34-18-9-6-14(7-10-18)23(31)21-22(15-4-3-5-16(27)12-15)30(25(33)24(21)32)26-29-19-11-8-17(28)13-20(19)35-26/h3-13,22,31H,2H2,1H3/b23-21+/t22-/m0/s1. The second-order valence-electron chi connectivity index (χ2n) is 7.79. The van der Waals surface area contributed by atoms with Gasteiger partial charge in [-0.15, -0.1) is 0 Å². The highest BCUT2D eigenvalue weighted by molar-refractivity contribution is 9.10. The zero-order valence-corrected chi connectivity index (χ0v) is 20.8. The maximum absolute atomic E-state index is 13.8. The number of rotatable bonds is 5. The number of fused-ring (bicyclic) bond motifs is 1. The number of nitrogens with zero attached hydrogens (tertiary/aromatic N) is 2. The molecule has 1 aliphatic rings. The third-order valence-corrected chi connectivity index (χ3v) is 7.10. The van der Waals surface area contributed by atoms with E-state index in [0.717, 1.165) is 15.8 Å². The molecule has 2 heterocycles. The second kappa shape index (κ2) is 9.24. The van der Waals surface area contributed by atoms with E-state index < -0.39 is 23.5 Å². The molecule has 1 N–H and O–H groups in total. The Kier molecular flexibility index (Phi) is 6.12. The number of ether oxygens (including phenoxy) is 1. The number of hydrogen-bond acceptors (Lipinski definition) is 6. The van der Waals surface area contributed by atoms with Gasteiger partial charge in [-0.05, 0) is 67.1 Å². The number of ketones is 1. The molecular weight excluding hydrogens is 535 g/mol. The van der Waals surface area contributed by atoms with Crippen LogP contribution in [0.25, 0.3) is 16.0 Å². The third-order valence-electron chi connectivity index (χ3n) is 5.59. The number of thiazole rings is 1. The Balaban J connectivity index is 1.69. The summed E-state index contributed by atoms with van der Waals surface area (Å²) < 4.78 is 20.5. The van der Waals surface area contributed by atoms with Gasteiger partial charge >= 0.3 is 5.91 Å². The molecule has 1 aliphatic heterocycles. The molecule has 0 radical (unpaired) electrons. The van der Waals surface area contributed by atoms with Crippen LogP contribution in [0.15, 0.2) is 76.8 Å². The highest BCUT2D eigenvalue weighted by Gasteiger charge is 2.48. The Hall–Kier alpha value is -3.56. The Bertz CT molecular complexity index is 1500. The molecule has 1 saturated heterocycles. The summed E-state index contributed by atoms with van der Waals surface area (Å²) in [5, 5.41) is 11.5. The van der Waals surface area contributed by atoms with E-state index in [0.29, 0.717) is 33.7 Å². The Morgan fingerprint density at radius 1 is 1.14 bits per heavy atom. The first-order valence-electron chi connectivity index (χ1n) is 10.7. The van der Waals surface area contributed by atoms with Crippen molar-refractivity contribution in [1.29, 1.82) is 0 Å². The third kappa shape index (κ3) is 4.21. The molecule has 0 spiro atoms. The van der Waals surface area contributed by atoms with Crippen molar-refractivity contribution in [3.63, 3.8) is 0 Å². The number of aliphatic hydroxyl groups is 1. The molecule has 6 nitrogen and oxygen atoms in total. The van der Waals surface area contributed by atoms with Crippen LogP contribution < -0.4 is 9.64 Å². The minimum Gasteiger partial charge on any atom is -0.507 e. The van der Waals surface area contributed by atoms with Crippen LogP contribution in [0.5, 0.6) is 5.75 Å². The van der Waals surface area contributed by atoms with Gasteiger partial charge < -0.3 is 9.84 Å². The lowest BCUT2D eigenvalue weighted by molar-refractivity contribution is -0.132. The minimum absolute atomic E-state index is 0.0531. The summed E-state index contributed by atoms with van der Waals surface area (Å²) in [6.45, 7) is 2.36. The van der Waals surface area contributed by atoms with Gasteiger partial charge in [0.15, 0.2) is 5.13 Å². The molecular formula is C26H18BrFN2O4S. The number of amides is 1. The molecule has 0 unspecified atom stereocenters. The normalized spacial score (nSPS) is 17.3. The summed E-state index contributed by atoms with van der Waals surface area (Å²) in [6.07, 6.45) is 0. The predicted octanol–water partition coefficient (Wildman–Crippen LogP) is 6.22. The zero-order valence-electron chi connectivity index (χ0n) is 18.4. The van der Waals surface area contributed by atoms with Crippen LogP contribution in [0, 0.1) is 5.82 Å². The van der Waals surface area contributed by atoms with Crippen LogP contribution in [0.2, 0.25) is 0 Å². The number of Topliss-reactive ketones (excluding diaryl/α,β-unsaturated/α-hetero) is 1. The fourth-order valence-electron chi connectivity index (χ4n) is 4.04. The number of benzene rings is 3. The fraction of sp³-hybridized carbons (Fsp3) is 0.115. The SMILES string of the molecule is CCOc1ccc(/C(O)=C2\C(=O)C(=O)N(c3nc4ccc(F)cc4s3)[C@H]2c2cccc(Br)c2)cc1. The van der Waals surface area contributed by atoms with Crippen molar-refractivity contribution in [2.24, 2.45) is 0 Å². The van der Waals surface area contributed by atoms with E-state index >= 15 is 0 Å². The van der Waals surface area contributed by atoms with Crippen molar-refractivity contribution in [3.05, 3.63) is 93.7 Å². The first kappa shape index (κ1) is 23.2. The molecule has 1 aromatic heterocycles. The number of aromatic nitrogens is 1. The van der Waals surface area contributed by atoms with Crippen molar-refractivity contribution in [2.45, 2.75) is 13.0 Å². The monoisotopic (exact) mass is 552 g/mol. The number of carbonyl (C=O) groups is 2. The molecule has 35 heavy (non-hydrogen) atoms. The van der Waals surface area contributed by atoms with E-state index in [4.69, 9.17) is 4.74 Å². The summed E-state index contributed by atoms with van der Waals surface area (Å²) in [5.41, 5.74) is 1.44. The lowest BCUT2D eigenvalue weighted by atomic mass is 9.95. The van der Waals surface area contributed by atoms with Crippen molar-refractivity contribution in [3.8, 4) is 5.75 Å². The summed E-state index contributed by atoms with van der Waals surface area (Å²) in [6, 6.07) is 17.0. The first-order valence-corrected chi connectivity index (χ1v) is 12.3. The van der Waals surface area contributed by atoms with Crippen LogP contribution in [0.3, 0.4) is 0 Å². The van der Waals surface area contributed by atoms with Crippen LogP contribution in [0.4, 0.5) is 9.52 Å². The smallest absolute Gasteiger partial charge is 0.301 e. The van der Waals surface area contributed by atoms with Gasteiger partial charge in [-0.25, -0.2) is 9.37 Å². The van der Waals surface area contributed by atoms with Gasteiger partial charge in [0.05, 0.1) is 28.4 Å². The number of halogens is 2.